The Morgan fingerprint density at radius 2 is 1.57 bits per heavy atom. The SMILES string of the molecule is Cc1ccc(S(=O)(=O)N2c3ccccc3[C@H](C)C[C@@H]2c2cccc(C)c2)cc1. The Hall–Kier alpha value is -2.59. The molecule has 1 aliphatic heterocycles. The summed E-state index contributed by atoms with van der Waals surface area (Å²) < 4.78 is 29.2. The maximum atomic E-state index is 13.8. The van der Waals surface area contributed by atoms with E-state index in [9.17, 15) is 8.42 Å². The van der Waals surface area contributed by atoms with Gasteiger partial charge in [0.15, 0.2) is 0 Å². The fraction of sp³-hybridized carbons (Fsp3) is 0.250. The molecule has 0 saturated carbocycles. The zero-order valence-electron chi connectivity index (χ0n) is 16.5. The summed E-state index contributed by atoms with van der Waals surface area (Å²) >= 11 is 0. The highest BCUT2D eigenvalue weighted by Crippen LogP contribution is 2.47. The largest absolute Gasteiger partial charge is 0.264 e. The first-order valence-corrected chi connectivity index (χ1v) is 11.1. The van der Waals surface area contributed by atoms with Crippen LogP contribution in [0.15, 0.2) is 77.7 Å². The highest BCUT2D eigenvalue weighted by Gasteiger charge is 2.39. The highest BCUT2D eigenvalue weighted by atomic mass is 32.2. The first-order valence-electron chi connectivity index (χ1n) is 9.64. The number of para-hydroxylation sites is 1. The number of benzene rings is 3. The first kappa shape index (κ1) is 18.8. The third-order valence-electron chi connectivity index (χ3n) is 5.57. The van der Waals surface area contributed by atoms with Gasteiger partial charge in [-0.05, 0) is 55.5 Å². The van der Waals surface area contributed by atoms with E-state index in [0.29, 0.717) is 4.90 Å². The van der Waals surface area contributed by atoms with E-state index in [-0.39, 0.29) is 12.0 Å². The molecule has 0 aromatic heterocycles. The topological polar surface area (TPSA) is 37.4 Å². The van der Waals surface area contributed by atoms with Gasteiger partial charge in [-0.2, -0.15) is 0 Å². The van der Waals surface area contributed by atoms with E-state index in [1.165, 1.54) is 0 Å². The van der Waals surface area contributed by atoms with Crippen molar-refractivity contribution in [3.05, 3.63) is 95.1 Å². The van der Waals surface area contributed by atoms with Crippen LogP contribution in [0.3, 0.4) is 0 Å². The Balaban J connectivity index is 1.92. The summed E-state index contributed by atoms with van der Waals surface area (Å²) in [6.07, 6.45) is 0.756. The van der Waals surface area contributed by atoms with Crippen LogP contribution >= 0.6 is 0 Å². The molecule has 1 heterocycles. The average molecular weight is 392 g/mol. The van der Waals surface area contributed by atoms with Crippen LogP contribution in [0.25, 0.3) is 0 Å². The van der Waals surface area contributed by atoms with Crippen molar-refractivity contribution in [1.82, 2.24) is 0 Å². The molecule has 0 saturated heterocycles. The van der Waals surface area contributed by atoms with Crippen molar-refractivity contribution in [2.75, 3.05) is 4.31 Å². The van der Waals surface area contributed by atoms with Crippen LogP contribution in [0.1, 0.15) is 47.6 Å². The molecule has 28 heavy (non-hydrogen) atoms. The van der Waals surface area contributed by atoms with Crippen molar-refractivity contribution >= 4 is 15.7 Å². The second kappa shape index (κ2) is 7.10. The summed E-state index contributed by atoms with van der Waals surface area (Å²) in [7, 11) is -3.69. The van der Waals surface area contributed by atoms with Crippen LogP contribution in [-0.4, -0.2) is 8.42 Å². The molecule has 0 N–H and O–H groups in total. The first-order chi connectivity index (χ1) is 13.4. The fourth-order valence-corrected chi connectivity index (χ4v) is 5.78. The van der Waals surface area contributed by atoms with E-state index in [2.05, 4.69) is 13.0 Å². The van der Waals surface area contributed by atoms with Gasteiger partial charge in [-0.3, -0.25) is 4.31 Å². The Bertz CT molecular complexity index is 1100. The van der Waals surface area contributed by atoms with E-state index in [1.807, 2.05) is 68.4 Å². The van der Waals surface area contributed by atoms with E-state index >= 15 is 0 Å². The van der Waals surface area contributed by atoms with E-state index in [1.54, 1.807) is 16.4 Å². The molecule has 0 bridgehead atoms. The lowest BCUT2D eigenvalue weighted by Gasteiger charge is -2.40. The molecule has 4 rings (SSSR count). The Morgan fingerprint density at radius 1 is 0.857 bits per heavy atom. The molecule has 0 spiro atoms. The minimum Gasteiger partial charge on any atom is -0.259 e. The van der Waals surface area contributed by atoms with Crippen LogP contribution in [0.4, 0.5) is 5.69 Å². The minimum absolute atomic E-state index is 0.226. The summed E-state index contributed by atoms with van der Waals surface area (Å²) in [5, 5.41) is 0. The molecule has 0 unspecified atom stereocenters. The molecule has 0 amide bonds. The molecule has 0 aliphatic carbocycles. The maximum absolute atomic E-state index is 13.8. The fourth-order valence-electron chi connectivity index (χ4n) is 4.10. The predicted molar refractivity (Wildman–Crippen MR) is 114 cm³/mol. The maximum Gasteiger partial charge on any atom is 0.264 e. The van der Waals surface area contributed by atoms with Crippen molar-refractivity contribution in [2.45, 2.75) is 44.0 Å². The third kappa shape index (κ3) is 3.22. The average Bonchev–Trinajstić information content (AvgIpc) is 2.68. The van der Waals surface area contributed by atoms with Crippen molar-refractivity contribution in [2.24, 2.45) is 0 Å². The lowest BCUT2D eigenvalue weighted by atomic mass is 9.85. The van der Waals surface area contributed by atoms with Gasteiger partial charge in [0.25, 0.3) is 10.0 Å². The number of hydrogen-bond acceptors (Lipinski definition) is 2. The molecule has 3 aromatic carbocycles. The van der Waals surface area contributed by atoms with Crippen molar-refractivity contribution < 1.29 is 8.42 Å². The van der Waals surface area contributed by atoms with Crippen molar-refractivity contribution in [3.63, 3.8) is 0 Å². The van der Waals surface area contributed by atoms with Gasteiger partial charge in [0.2, 0.25) is 0 Å². The molecular weight excluding hydrogens is 366 g/mol. The van der Waals surface area contributed by atoms with Gasteiger partial charge >= 0.3 is 0 Å². The summed E-state index contributed by atoms with van der Waals surface area (Å²) in [5.74, 6) is 0.284. The number of nitrogens with zero attached hydrogens (tertiary/aromatic N) is 1. The summed E-state index contributed by atoms with van der Waals surface area (Å²) in [5.41, 5.74) is 5.09. The van der Waals surface area contributed by atoms with Gasteiger partial charge in [-0.25, -0.2) is 8.42 Å². The zero-order valence-corrected chi connectivity index (χ0v) is 17.3. The Morgan fingerprint density at radius 3 is 2.29 bits per heavy atom. The van der Waals surface area contributed by atoms with Gasteiger partial charge in [0, 0.05) is 0 Å². The van der Waals surface area contributed by atoms with Crippen LogP contribution in [0, 0.1) is 13.8 Å². The standard InChI is InChI=1S/C24H25NO2S/c1-17-11-13-21(14-12-17)28(26,27)25-23-10-5-4-9-22(23)19(3)16-24(25)20-8-6-7-18(2)15-20/h4-15,19,24H,16H2,1-3H3/t19-,24-/m1/s1. The molecule has 1 aliphatic rings. The van der Waals surface area contributed by atoms with Gasteiger partial charge in [0.1, 0.15) is 0 Å². The van der Waals surface area contributed by atoms with Crippen LogP contribution in [0.5, 0.6) is 0 Å². The van der Waals surface area contributed by atoms with Gasteiger partial charge in [-0.15, -0.1) is 0 Å². The van der Waals surface area contributed by atoms with Crippen LogP contribution < -0.4 is 4.31 Å². The van der Waals surface area contributed by atoms with Gasteiger partial charge < -0.3 is 0 Å². The number of rotatable bonds is 3. The Labute approximate surface area is 167 Å². The number of fused-ring (bicyclic) bond motifs is 1. The molecule has 2 atom stereocenters. The molecular formula is C24H25NO2S. The number of hydrogen-bond donors (Lipinski definition) is 0. The molecule has 0 radical (unpaired) electrons. The lowest BCUT2D eigenvalue weighted by molar-refractivity contribution is 0.523. The molecule has 3 aromatic rings. The predicted octanol–water partition coefficient (Wildman–Crippen LogP) is 5.75. The van der Waals surface area contributed by atoms with Crippen molar-refractivity contribution in [1.29, 1.82) is 0 Å². The second-order valence-electron chi connectivity index (χ2n) is 7.74. The summed E-state index contributed by atoms with van der Waals surface area (Å²) in [4.78, 5) is 0.333. The van der Waals surface area contributed by atoms with Gasteiger partial charge in [-0.1, -0.05) is 72.6 Å². The Kier molecular flexibility index (Phi) is 4.76. The number of aryl methyl sites for hydroxylation is 2. The monoisotopic (exact) mass is 391 g/mol. The quantitative estimate of drug-likeness (QED) is 0.570. The number of anilines is 1. The van der Waals surface area contributed by atoms with Gasteiger partial charge in [0.05, 0.1) is 16.6 Å². The van der Waals surface area contributed by atoms with E-state index in [0.717, 1.165) is 34.4 Å². The van der Waals surface area contributed by atoms with E-state index < -0.39 is 10.0 Å². The summed E-state index contributed by atoms with van der Waals surface area (Å²) in [6.45, 7) is 6.18. The zero-order chi connectivity index (χ0) is 19.9. The molecule has 144 valence electrons. The smallest absolute Gasteiger partial charge is 0.259 e. The van der Waals surface area contributed by atoms with Crippen LogP contribution in [-0.2, 0) is 10.0 Å². The van der Waals surface area contributed by atoms with Crippen LogP contribution in [0.2, 0.25) is 0 Å². The normalized spacial score (nSPS) is 19.3. The molecule has 0 fully saturated rings. The highest BCUT2D eigenvalue weighted by molar-refractivity contribution is 7.92. The van der Waals surface area contributed by atoms with Crippen molar-refractivity contribution in [3.8, 4) is 0 Å². The molecule has 4 heteroatoms. The lowest BCUT2D eigenvalue weighted by Crippen LogP contribution is -2.39. The second-order valence-corrected chi connectivity index (χ2v) is 9.55. The summed E-state index contributed by atoms with van der Waals surface area (Å²) in [6, 6.07) is 23.0. The number of sulfonamides is 1. The molecule has 3 nitrogen and oxygen atoms in total. The minimum atomic E-state index is -3.69. The third-order valence-corrected chi connectivity index (χ3v) is 7.41. The van der Waals surface area contributed by atoms with E-state index in [4.69, 9.17) is 0 Å².